The molecule has 2 fully saturated rings. The van der Waals surface area contributed by atoms with Crippen molar-refractivity contribution in [2.45, 2.75) is 12.1 Å². The quantitative estimate of drug-likeness (QED) is 0.599. The molecule has 0 aromatic carbocycles. The van der Waals surface area contributed by atoms with Crippen molar-refractivity contribution in [1.29, 1.82) is 0 Å². The van der Waals surface area contributed by atoms with E-state index >= 15 is 0 Å². The lowest BCUT2D eigenvalue weighted by atomic mass is 10.1. The van der Waals surface area contributed by atoms with Crippen molar-refractivity contribution in [3.8, 4) is 0 Å². The summed E-state index contributed by atoms with van der Waals surface area (Å²) in [5.74, 6) is 0. The zero-order valence-electron chi connectivity index (χ0n) is 9.20. The first-order chi connectivity index (χ1) is 6.75. The normalized spacial score (nSPS) is 37.3. The van der Waals surface area contributed by atoms with Crippen molar-refractivity contribution in [3.05, 3.63) is 0 Å². The van der Waals surface area contributed by atoms with E-state index in [2.05, 4.69) is 29.2 Å². The Hall–Kier alpha value is -0.160. The number of hydrogen-bond acceptors (Lipinski definition) is 4. The van der Waals surface area contributed by atoms with Crippen LogP contribution in [0.2, 0.25) is 0 Å². The number of morpholine rings is 1. The van der Waals surface area contributed by atoms with Crippen LogP contribution in [0.25, 0.3) is 0 Å². The third kappa shape index (κ3) is 2.45. The fourth-order valence-corrected chi connectivity index (χ4v) is 2.24. The maximum Gasteiger partial charge on any atom is 0.0867 e. The highest BCUT2D eigenvalue weighted by atomic mass is 16.5. The van der Waals surface area contributed by atoms with E-state index in [1.54, 1.807) is 0 Å². The Morgan fingerprint density at radius 2 is 1.93 bits per heavy atom. The molecular weight excluding hydrogens is 178 g/mol. The predicted molar refractivity (Wildman–Crippen MR) is 56.5 cm³/mol. The molecule has 4 nitrogen and oxygen atoms in total. The largest absolute Gasteiger partial charge is 0.374 e. The van der Waals surface area contributed by atoms with Crippen LogP contribution in [-0.4, -0.2) is 75.4 Å². The standard InChI is InChI=1S/C10H21N3O/c1-12-4-3-11-9(7-12)10-8-13(2)5-6-14-10/h9-11H,3-8H2,1-2H3. The molecule has 2 aliphatic rings. The van der Waals surface area contributed by atoms with Crippen molar-refractivity contribution in [2.24, 2.45) is 0 Å². The summed E-state index contributed by atoms with van der Waals surface area (Å²) >= 11 is 0. The summed E-state index contributed by atoms with van der Waals surface area (Å²) in [7, 11) is 4.35. The number of likely N-dealkylation sites (N-methyl/N-ethyl adjacent to an activating group) is 2. The Labute approximate surface area is 86.2 Å². The van der Waals surface area contributed by atoms with Gasteiger partial charge in [0.25, 0.3) is 0 Å². The average molecular weight is 199 g/mol. The highest BCUT2D eigenvalue weighted by Gasteiger charge is 2.29. The van der Waals surface area contributed by atoms with Crippen molar-refractivity contribution in [3.63, 3.8) is 0 Å². The Morgan fingerprint density at radius 1 is 1.14 bits per heavy atom. The van der Waals surface area contributed by atoms with Gasteiger partial charge in [-0.2, -0.15) is 0 Å². The molecule has 0 aliphatic carbocycles. The Bertz CT molecular complexity index is 168. The van der Waals surface area contributed by atoms with Crippen molar-refractivity contribution < 1.29 is 4.74 Å². The summed E-state index contributed by atoms with van der Waals surface area (Å²) < 4.78 is 5.81. The Morgan fingerprint density at radius 3 is 2.64 bits per heavy atom. The van der Waals surface area contributed by atoms with Gasteiger partial charge in [0.1, 0.15) is 0 Å². The lowest BCUT2D eigenvalue weighted by Gasteiger charge is -2.39. The third-order valence-corrected chi connectivity index (χ3v) is 3.15. The zero-order valence-corrected chi connectivity index (χ0v) is 9.20. The van der Waals surface area contributed by atoms with Gasteiger partial charge < -0.3 is 19.9 Å². The molecule has 2 unspecified atom stereocenters. The van der Waals surface area contributed by atoms with Gasteiger partial charge >= 0.3 is 0 Å². The van der Waals surface area contributed by atoms with Gasteiger partial charge in [-0.25, -0.2) is 0 Å². The maximum absolute atomic E-state index is 5.81. The number of ether oxygens (including phenoxy) is 1. The topological polar surface area (TPSA) is 27.7 Å². The van der Waals surface area contributed by atoms with Crippen LogP contribution in [0.15, 0.2) is 0 Å². The molecule has 2 aliphatic heterocycles. The summed E-state index contributed by atoms with van der Waals surface area (Å²) in [6, 6.07) is 0.511. The van der Waals surface area contributed by atoms with Gasteiger partial charge in [0, 0.05) is 38.8 Å². The lowest BCUT2D eigenvalue weighted by Crippen LogP contribution is -2.59. The van der Waals surface area contributed by atoms with Gasteiger partial charge in [-0.3, -0.25) is 0 Å². The second kappa shape index (κ2) is 4.57. The highest BCUT2D eigenvalue weighted by Crippen LogP contribution is 2.10. The van der Waals surface area contributed by atoms with Crippen LogP contribution < -0.4 is 5.32 Å². The molecule has 4 heteroatoms. The van der Waals surface area contributed by atoms with Crippen LogP contribution in [0.4, 0.5) is 0 Å². The van der Waals surface area contributed by atoms with Gasteiger partial charge in [0.05, 0.1) is 12.7 Å². The van der Waals surface area contributed by atoms with Crippen LogP contribution in [0.1, 0.15) is 0 Å². The van der Waals surface area contributed by atoms with E-state index in [1.165, 1.54) is 0 Å². The number of piperazine rings is 1. The van der Waals surface area contributed by atoms with E-state index in [0.717, 1.165) is 39.3 Å². The molecule has 2 rings (SSSR count). The third-order valence-electron chi connectivity index (χ3n) is 3.15. The molecule has 0 radical (unpaired) electrons. The summed E-state index contributed by atoms with van der Waals surface area (Å²) in [4.78, 5) is 4.73. The molecule has 2 saturated heterocycles. The average Bonchev–Trinajstić information content (AvgIpc) is 2.18. The lowest BCUT2D eigenvalue weighted by molar-refractivity contribution is -0.0475. The second-order valence-electron chi connectivity index (χ2n) is 4.49. The van der Waals surface area contributed by atoms with Crippen LogP contribution in [0.5, 0.6) is 0 Å². The van der Waals surface area contributed by atoms with Gasteiger partial charge in [-0.15, -0.1) is 0 Å². The fraction of sp³-hybridized carbons (Fsp3) is 1.00. The molecule has 0 amide bonds. The molecule has 0 aromatic rings. The molecule has 0 bridgehead atoms. The van der Waals surface area contributed by atoms with Gasteiger partial charge in [-0.1, -0.05) is 0 Å². The smallest absolute Gasteiger partial charge is 0.0867 e. The van der Waals surface area contributed by atoms with Gasteiger partial charge in [0.2, 0.25) is 0 Å². The Balaban J connectivity index is 1.86. The van der Waals surface area contributed by atoms with Crippen molar-refractivity contribution in [2.75, 3.05) is 53.4 Å². The molecule has 1 N–H and O–H groups in total. The molecule has 0 spiro atoms. The molecule has 2 heterocycles. The maximum atomic E-state index is 5.81. The molecular formula is C10H21N3O. The van der Waals surface area contributed by atoms with Gasteiger partial charge in [-0.05, 0) is 14.1 Å². The number of nitrogens with zero attached hydrogens (tertiary/aromatic N) is 2. The molecule has 0 aromatic heterocycles. The van der Waals surface area contributed by atoms with Crippen LogP contribution in [-0.2, 0) is 4.74 Å². The molecule has 14 heavy (non-hydrogen) atoms. The SMILES string of the molecule is CN1CCNC(C2CN(C)CCO2)C1. The summed E-state index contributed by atoms with van der Waals surface area (Å²) in [5.41, 5.74) is 0. The van der Waals surface area contributed by atoms with Crippen LogP contribution in [0.3, 0.4) is 0 Å². The van der Waals surface area contributed by atoms with E-state index in [9.17, 15) is 0 Å². The van der Waals surface area contributed by atoms with Gasteiger partial charge in [0.15, 0.2) is 0 Å². The first kappa shape index (κ1) is 10.4. The van der Waals surface area contributed by atoms with E-state index in [1.807, 2.05) is 0 Å². The van der Waals surface area contributed by atoms with E-state index in [4.69, 9.17) is 4.74 Å². The summed E-state index contributed by atoms with van der Waals surface area (Å²) in [6.07, 6.45) is 0.372. The molecule has 82 valence electrons. The van der Waals surface area contributed by atoms with E-state index in [-0.39, 0.29) is 0 Å². The van der Waals surface area contributed by atoms with E-state index in [0.29, 0.717) is 12.1 Å². The second-order valence-corrected chi connectivity index (χ2v) is 4.49. The molecule has 2 atom stereocenters. The van der Waals surface area contributed by atoms with Crippen LogP contribution >= 0.6 is 0 Å². The first-order valence-corrected chi connectivity index (χ1v) is 5.48. The number of rotatable bonds is 1. The number of nitrogens with one attached hydrogen (secondary N) is 1. The fourth-order valence-electron chi connectivity index (χ4n) is 2.24. The van der Waals surface area contributed by atoms with Crippen molar-refractivity contribution in [1.82, 2.24) is 15.1 Å². The Kier molecular flexibility index (Phi) is 3.38. The molecule has 0 saturated carbocycles. The highest BCUT2D eigenvalue weighted by molar-refractivity contribution is 4.87. The minimum absolute atomic E-state index is 0.372. The number of hydrogen-bond donors (Lipinski definition) is 1. The summed E-state index contributed by atoms with van der Waals surface area (Å²) in [5, 5.41) is 3.55. The first-order valence-electron chi connectivity index (χ1n) is 5.48. The van der Waals surface area contributed by atoms with Crippen molar-refractivity contribution >= 4 is 0 Å². The minimum atomic E-state index is 0.372. The zero-order chi connectivity index (χ0) is 9.97. The van der Waals surface area contributed by atoms with E-state index < -0.39 is 0 Å². The summed E-state index contributed by atoms with van der Waals surface area (Å²) in [6.45, 7) is 6.36. The minimum Gasteiger partial charge on any atom is -0.374 e. The monoisotopic (exact) mass is 199 g/mol. The van der Waals surface area contributed by atoms with Crippen LogP contribution in [0, 0.1) is 0 Å². The predicted octanol–water partition coefficient (Wildman–Crippen LogP) is -0.779.